The molecule has 1 N–H and O–H groups in total. The summed E-state index contributed by atoms with van der Waals surface area (Å²) in [6.45, 7) is 1.92. The Balaban J connectivity index is 2.03. The quantitative estimate of drug-likeness (QED) is 0.860. The summed E-state index contributed by atoms with van der Waals surface area (Å²) in [7, 11) is 0. The highest BCUT2D eigenvalue weighted by Gasteiger charge is 2.14. The number of nitrogens with one attached hydrogen (secondary N) is 1. The lowest BCUT2D eigenvalue weighted by molar-refractivity contribution is -0.116. The van der Waals surface area contributed by atoms with Gasteiger partial charge in [-0.3, -0.25) is 4.79 Å². The fourth-order valence-corrected chi connectivity index (χ4v) is 1.86. The zero-order valence-corrected chi connectivity index (χ0v) is 11.5. The van der Waals surface area contributed by atoms with Crippen molar-refractivity contribution in [2.75, 3.05) is 11.9 Å². The number of hydrogen-bond donors (Lipinski definition) is 1. The molecule has 0 atom stereocenters. The maximum atomic E-state index is 13.0. The molecular formula is C15H15FN2O3. The molecule has 110 valence electrons. The molecule has 0 fully saturated rings. The molecule has 6 heteroatoms. The third kappa shape index (κ3) is 3.92. The molecule has 2 aromatic rings. The van der Waals surface area contributed by atoms with Crippen molar-refractivity contribution in [1.82, 2.24) is 4.57 Å². The second-order valence-electron chi connectivity index (χ2n) is 4.30. The number of amides is 1. The maximum absolute atomic E-state index is 13.0. The molecule has 0 spiro atoms. The van der Waals surface area contributed by atoms with Crippen LogP contribution in [0.5, 0.6) is 0 Å². The predicted molar refractivity (Wildman–Crippen MR) is 75.4 cm³/mol. The van der Waals surface area contributed by atoms with E-state index in [2.05, 4.69) is 5.32 Å². The van der Waals surface area contributed by atoms with E-state index in [4.69, 9.17) is 4.74 Å². The number of benzene rings is 1. The molecule has 21 heavy (non-hydrogen) atoms. The van der Waals surface area contributed by atoms with E-state index in [9.17, 15) is 14.0 Å². The van der Waals surface area contributed by atoms with Crippen LogP contribution in [0.25, 0.3) is 0 Å². The Morgan fingerprint density at radius 2 is 2.10 bits per heavy atom. The minimum absolute atomic E-state index is 0.0579. The van der Waals surface area contributed by atoms with Gasteiger partial charge in [0.2, 0.25) is 5.91 Å². The number of nitrogens with zero attached hydrogens (tertiary/aromatic N) is 1. The van der Waals surface area contributed by atoms with Gasteiger partial charge in [0.05, 0.1) is 6.61 Å². The van der Waals surface area contributed by atoms with Crippen molar-refractivity contribution in [3.63, 3.8) is 0 Å². The van der Waals surface area contributed by atoms with Crippen molar-refractivity contribution in [2.24, 2.45) is 0 Å². The Morgan fingerprint density at radius 1 is 1.29 bits per heavy atom. The predicted octanol–water partition coefficient (Wildman–Crippen LogP) is 2.44. The molecule has 0 radical (unpaired) electrons. The van der Waals surface area contributed by atoms with Crippen LogP contribution in [0.3, 0.4) is 0 Å². The summed E-state index contributed by atoms with van der Waals surface area (Å²) in [5.74, 6) is -1.27. The summed E-state index contributed by atoms with van der Waals surface area (Å²) >= 11 is 0. The van der Waals surface area contributed by atoms with Crippen LogP contribution in [0.15, 0.2) is 42.6 Å². The fraction of sp³-hybridized carbons (Fsp3) is 0.200. The van der Waals surface area contributed by atoms with Crippen molar-refractivity contribution in [3.8, 4) is 0 Å². The van der Waals surface area contributed by atoms with Crippen LogP contribution in [0, 0.1) is 5.82 Å². The first-order valence-corrected chi connectivity index (χ1v) is 6.48. The van der Waals surface area contributed by atoms with E-state index >= 15 is 0 Å². The standard InChI is InChI=1S/C15H15FN2O3/c1-2-21-15(20)13-7-4-8-18(13)10-14(19)17-12-6-3-5-11(16)9-12/h3-9H,2,10H2,1H3,(H,17,19). The summed E-state index contributed by atoms with van der Waals surface area (Å²) in [6.07, 6.45) is 1.61. The van der Waals surface area contributed by atoms with Crippen molar-refractivity contribution in [1.29, 1.82) is 0 Å². The number of halogens is 1. The number of hydrogen-bond acceptors (Lipinski definition) is 3. The molecule has 0 aliphatic rings. The molecule has 0 saturated carbocycles. The van der Waals surface area contributed by atoms with Gasteiger partial charge in [0.25, 0.3) is 0 Å². The van der Waals surface area contributed by atoms with E-state index in [1.54, 1.807) is 31.3 Å². The highest BCUT2D eigenvalue weighted by molar-refractivity contribution is 5.92. The monoisotopic (exact) mass is 290 g/mol. The first kappa shape index (κ1) is 14.8. The molecule has 1 aromatic carbocycles. The van der Waals surface area contributed by atoms with Crippen molar-refractivity contribution in [3.05, 3.63) is 54.1 Å². The summed E-state index contributed by atoms with van der Waals surface area (Å²) in [5.41, 5.74) is 0.663. The van der Waals surface area contributed by atoms with Crippen molar-refractivity contribution >= 4 is 17.6 Å². The zero-order chi connectivity index (χ0) is 15.2. The Labute approximate surface area is 121 Å². The van der Waals surface area contributed by atoms with E-state index in [-0.39, 0.29) is 19.1 Å². The van der Waals surface area contributed by atoms with Gasteiger partial charge in [0.15, 0.2) is 0 Å². The molecule has 0 unspecified atom stereocenters. The lowest BCUT2D eigenvalue weighted by atomic mass is 10.3. The lowest BCUT2D eigenvalue weighted by Crippen LogP contribution is -2.21. The van der Waals surface area contributed by atoms with Gasteiger partial charge in [-0.15, -0.1) is 0 Å². The number of carbonyl (C=O) groups is 2. The number of ether oxygens (including phenoxy) is 1. The molecular weight excluding hydrogens is 275 g/mol. The Kier molecular flexibility index (Phi) is 4.71. The van der Waals surface area contributed by atoms with Gasteiger partial charge in [-0.05, 0) is 37.3 Å². The minimum Gasteiger partial charge on any atom is -0.461 e. The summed E-state index contributed by atoms with van der Waals surface area (Å²) < 4.78 is 19.4. The number of carbonyl (C=O) groups excluding carboxylic acids is 2. The van der Waals surface area contributed by atoms with Crippen LogP contribution in [0.4, 0.5) is 10.1 Å². The van der Waals surface area contributed by atoms with Crippen molar-refractivity contribution < 1.29 is 18.7 Å². The Morgan fingerprint density at radius 3 is 2.81 bits per heavy atom. The molecule has 0 aliphatic carbocycles. The van der Waals surface area contributed by atoms with Gasteiger partial charge in [-0.1, -0.05) is 6.07 Å². The van der Waals surface area contributed by atoms with E-state index in [1.165, 1.54) is 22.8 Å². The van der Waals surface area contributed by atoms with Gasteiger partial charge in [-0.2, -0.15) is 0 Å². The highest BCUT2D eigenvalue weighted by Crippen LogP contribution is 2.10. The second-order valence-corrected chi connectivity index (χ2v) is 4.30. The van der Waals surface area contributed by atoms with Gasteiger partial charge in [0, 0.05) is 11.9 Å². The first-order chi connectivity index (χ1) is 10.1. The molecule has 2 rings (SSSR count). The SMILES string of the molecule is CCOC(=O)c1cccn1CC(=O)Nc1cccc(F)c1. The highest BCUT2D eigenvalue weighted by atomic mass is 19.1. The van der Waals surface area contributed by atoms with Gasteiger partial charge in [0.1, 0.15) is 18.1 Å². The lowest BCUT2D eigenvalue weighted by Gasteiger charge is -2.09. The minimum atomic E-state index is -0.485. The number of esters is 1. The van der Waals surface area contributed by atoms with E-state index < -0.39 is 11.8 Å². The first-order valence-electron chi connectivity index (χ1n) is 6.48. The molecule has 0 bridgehead atoms. The molecule has 1 heterocycles. The van der Waals surface area contributed by atoms with Crippen LogP contribution in [-0.2, 0) is 16.1 Å². The second kappa shape index (κ2) is 6.69. The molecule has 1 aromatic heterocycles. The van der Waals surface area contributed by atoms with E-state index in [1.807, 2.05) is 0 Å². The van der Waals surface area contributed by atoms with Gasteiger partial charge in [-0.25, -0.2) is 9.18 Å². The third-order valence-electron chi connectivity index (χ3n) is 2.74. The van der Waals surface area contributed by atoms with Gasteiger partial charge < -0.3 is 14.6 Å². The number of anilines is 1. The average molecular weight is 290 g/mol. The maximum Gasteiger partial charge on any atom is 0.354 e. The zero-order valence-electron chi connectivity index (χ0n) is 11.5. The summed E-state index contributed by atoms with van der Waals surface area (Å²) in [4.78, 5) is 23.6. The van der Waals surface area contributed by atoms with Crippen LogP contribution in [0.2, 0.25) is 0 Å². The smallest absolute Gasteiger partial charge is 0.354 e. The van der Waals surface area contributed by atoms with Crippen LogP contribution in [0.1, 0.15) is 17.4 Å². The van der Waals surface area contributed by atoms with E-state index in [0.29, 0.717) is 11.4 Å². The van der Waals surface area contributed by atoms with Crippen LogP contribution >= 0.6 is 0 Å². The number of rotatable bonds is 5. The van der Waals surface area contributed by atoms with Crippen molar-refractivity contribution in [2.45, 2.75) is 13.5 Å². The molecule has 1 amide bonds. The average Bonchev–Trinajstić information content (AvgIpc) is 2.87. The van der Waals surface area contributed by atoms with Crippen LogP contribution < -0.4 is 5.32 Å². The third-order valence-corrected chi connectivity index (χ3v) is 2.74. The van der Waals surface area contributed by atoms with Gasteiger partial charge >= 0.3 is 5.97 Å². The fourth-order valence-electron chi connectivity index (χ4n) is 1.86. The summed E-state index contributed by atoms with van der Waals surface area (Å²) in [5, 5.41) is 2.57. The molecule has 5 nitrogen and oxygen atoms in total. The Bertz CT molecular complexity index is 652. The largest absolute Gasteiger partial charge is 0.461 e. The topological polar surface area (TPSA) is 60.3 Å². The molecule has 0 saturated heterocycles. The van der Waals surface area contributed by atoms with E-state index in [0.717, 1.165) is 0 Å². The number of aromatic nitrogens is 1. The van der Waals surface area contributed by atoms with Crippen LogP contribution in [-0.4, -0.2) is 23.1 Å². The normalized spacial score (nSPS) is 10.2. The molecule has 0 aliphatic heterocycles. The Hall–Kier alpha value is -2.63. The summed E-state index contributed by atoms with van der Waals surface area (Å²) in [6, 6.07) is 8.84.